The van der Waals surface area contributed by atoms with Crippen LogP contribution in [-0.2, 0) is 33.1 Å². The third-order valence-electron chi connectivity index (χ3n) is 6.67. The number of benzene rings is 6. The second-order valence-electron chi connectivity index (χ2n) is 9.82. The van der Waals surface area contributed by atoms with Gasteiger partial charge in [0.2, 0.25) is 0 Å². The molecule has 6 rings (SSSR count). The molecule has 0 unspecified atom stereocenters. The van der Waals surface area contributed by atoms with Gasteiger partial charge in [-0.3, -0.25) is 0 Å². The molecule has 0 atom stereocenters. The normalized spacial score (nSPS) is 9.76. The predicted molar refractivity (Wildman–Crippen MR) is 199 cm³/mol. The van der Waals surface area contributed by atoms with Crippen LogP contribution in [0, 0.1) is 24.2 Å². The largest absolute Gasteiger partial charge is 2.00 e. The molecule has 0 saturated heterocycles. The Hall–Kier alpha value is -3.38. The van der Waals surface area contributed by atoms with Gasteiger partial charge in [0.15, 0.2) is 0 Å². The summed E-state index contributed by atoms with van der Waals surface area (Å²) in [7, 11) is -0.696. The van der Waals surface area contributed by atoms with Crippen molar-refractivity contribution >= 4 is 49.7 Å². The summed E-state index contributed by atoms with van der Waals surface area (Å²) < 4.78 is 0. The molecule has 6 aromatic rings. The van der Waals surface area contributed by atoms with Crippen LogP contribution in [0.5, 0.6) is 0 Å². The van der Waals surface area contributed by atoms with E-state index in [9.17, 15) is 0 Å². The van der Waals surface area contributed by atoms with Crippen LogP contribution in [0.15, 0.2) is 176 Å². The fraction of sp³-hybridized carbons (Fsp3) is 0.0732. The monoisotopic (exact) mass is 728 g/mol. The van der Waals surface area contributed by atoms with Crippen molar-refractivity contribution in [1.29, 1.82) is 0 Å². The van der Waals surface area contributed by atoms with Crippen molar-refractivity contribution in [3.05, 3.63) is 193 Å². The second kappa shape index (κ2) is 21.4. The Kier molecular flexibility index (Phi) is 17.1. The Labute approximate surface area is 291 Å². The number of aryl methyl sites for hydroxylation is 1. The van der Waals surface area contributed by atoms with E-state index >= 15 is 0 Å². The molecule has 0 nitrogen and oxygen atoms in total. The van der Waals surface area contributed by atoms with Crippen LogP contribution in [0.4, 0.5) is 0 Å². The Morgan fingerprint density at radius 2 is 0.800 bits per heavy atom. The van der Waals surface area contributed by atoms with E-state index in [0.29, 0.717) is 0 Å². The standard InChI is InChI=1S/C26H24P2.C8H6S.C7H7.Pd/c1-5-13-23(14-6-1)27(24-15-7-2-8-16-24)21-22-28(25-17-9-3-10-18-25)26-19-11-4-12-20-26;9-7-6-8-4-2-1-3-5-8;1-7-5-3-2-4-6-7;/h1-20H,21-22H2;1-5,9H;3-6H,1H3;/q;;-1;+2/p-1. The van der Waals surface area contributed by atoms with Crippen LogP contribution in [-0.4, -0.2) is 12.3 Å². The van der Waals surface area contributed by atoms with Crippen LogP contribution in [0.1, 0.15) is 11.1 Å². The summed E-state index contributed by atoms with van der Waals surface area (Å²) in [6.07, 6.45) is 2.41. The van der Waals surface area contributed by atoms with Crippen molar-refractivity contribution in [3.63, 3.8) is 0 Å². The van der Waals surface area contributed by atoms with Gasteiger partial charge >= 0.3 is 20.4 Å². The average Bonchev–Trinajstić information content (AvgIpc) is 3.10. The maximum atomic E-state index is 4.47. The zero-order valence-corrected chi connectivity index (χ0v) is 29.4. The molecule has 0 aliphatic rings. The fourth-order valence-electron chi connectivity index (χ4n) is 4.50. The maximum absolute atomic E-state index is 4.47. The predicted octanol–water partition coefficient (Wildman–Crippen LogP) is 8.59. The van der Waals surface area contributed by atoms with Crippen molar-refractivity contribution in [2.75, 3.05) is 12.3 Å². The maximum Gasteiger partial charge on any atom is 2.00 e. The van der Waals surface area contributed by atoms with Crippen molar-refractivity contribution < 1.29 is 20.4 Å². The Balaban J connectivity index is 0.000000265. The molecule has 4 heteroatoms. The van der Waals surface area contributed by atoms with Gasteiger partial charge in [-0.1, -0.05) is 152 Å². The van der Waals surface area contributed by atoms with Gasteiger partial charge in [-0.05, 0) is 61.5 Å². The summed E-state index contributed by atoms with van der Waals surface area (Å²) in [5, 5.41) is 8.31. The fourth-order valence-corrected chi connectivity index (χ4v) is 9.97. The van der Waals surface area contributed by atoms with E-state index in [-0.39, 0.29) is 36.3 Å². The SMILES string of the molecule is Cc1cc[c-]cc1.[Pd+2].[S-]C#Cc1ccccc1.c1ccc(P(CCP(c2ccccc2)c2ccccc2)c2ccccc2)cc1. The molecule has 0 N–H and O–H groups in total. The first-order valence-electron chi connectivity index (χ1n) is 14.6. The first kappa shape index (κ1) is 36.1. The van der Waals surface area contributed by atoms with E-state index in [1.807, 2.05) is 54.6 Å². The van der Waals surface area contributed by atoms with Crippen molar-refractivity contribution in [3.8, 4) is 11.2 Å². The summed E-state index contributed by atoms with van der Waals surface area (Å²) in [5.41, 5.74) is 2.27. The summed E-state index contributed by atoms with van der Waals surface area (Å²) in [5.74, 6) is 2.77. The first-order valence-corrected chi connectivity index (χ1v) is 18.1. The summed E-state index contributed by atoms with van der Waals surface area (Å²) in [4.78, 5) is 0. The number of hydrogen-bond acceptors (Lipinski definition) is 1. The Morgan fingerprint density at radius 1 is 0.489 bits per heavy atom. The summed E-state index contributed by atoms with van der Waals surface area (Å²) in [6.45, 7) is 2.06. The van der Waals surface area contributed by atoms with E-state index in [2.05, 4.69) is 158 Å². The molecule has 0 spiro atoms. The third-order valence-corrected chi connectivity index (χ3v) is 12.2. The van der Waals surface area contributed by atoms with Gasteiger partial charge in [0.1, 0.15) is 0 Å². The van der Waals surface area contributed by atoms with Crippen molar-refractivity contribution in [2.24, 2.45) is 0 Å². The molecule has 0 fully saturated rings. The van der Waals surface area contributed by atoms with Crippen LogP contribution < -0.4 is 21.2 Å². The minimum Gasteiger partial charge on any atom is -0.724 e. The summed E-state index contributed by atoms with van der Waals surface area (Å²) >= 11 is 4.47. The molecule has 226 valence electrons. The van der Waals surface area contributed by atoms with Crippen molar-refractivity contribution in [1.82, 2.24) is 0 Å². The molecular formula is C41H36P2PdS. The molecule has 6 aromatic carbocycles. The second-order valence-corrected chi connectivity index (χ2v) is 14.7. The van der Waals surface area contributed by atoms with Gasteiger partial charge in [0.05, 0.1) is 0 Å². The quantitative estimate of drug-likeness (QED) is 0.0522. The molecule has 0 aromatic heterocycles. The topological polar surface area (TPSA) is 0 Å². The van der Waals surface area contributed by atoms with Crippen LogP contribution in [0.2, 0.25) is 0 Å². The molecule has 45 heavy (non-hydrogen) atoms. The Morgan fingerprint density at radius 3 is 1.07 bits per heavy atom. The molecule has 0 radical (unpaired) electrons. The van der Waals surface area contributed by atoms with Crippen LogP contribution in [0.3, 0.4) is 0 Å². The first-order chi connectivity index (χ1) is 21.7. The van der Waals surface area contributed by atoms with Gasteiger partial charge in [0.25, 0.3) is 0 Å². The van der Waals surface area contributed by atoms with E-state index in [1.165, 1.54) is 39.1 Å². The average molecular weight is 729 g/mol. The minimum absolute atomic E-state index is 0. The zero-order valence-electron chi connectivity index (χ0n) is 25.3. The molecule has 0 aliphatic carbocycles. The molecule has 0 bridgehead atoms. The van der Waals surface area contributed by atoms with Crippen LogP contribution in [0.25, 0.3) is 0 Å². The number of rotatable bonds is 7. The van der Waals surface area contributed by atoms with E-state index < -0.39 is 0 Å². The van der Waals surface area contributed by atoms with Gasteiger partial charge in [-0.15, -0.1) is 0 Å². The van der Waals surface area contributed by atoms with Gasteiger partial charge in [-0.25, -0.2) is 5.25 Å². The number of hydrogen-bond donors (Lipinski definition) is 0. The van der Waals surface area contributed by atoms with Gasteiger partial charge in [0, 0.05) is 5.56 Å². The van der Waals surface area contributed by atoms with E-state index in [0.717, 1.165) is 5.56 Å². The molecule has 0 saturated carbocycles. The van der Waals surface area contributed by atoms with Crippen molar-refractivity contribution in [2.45, 2.75) is 6.92 Å². The van der Waals surface area contributed by atoms with E-state index in [4.69, 9.17) is 0 Å². The smallest absolute Gasteiger partial charge is 0.724 e. The van der Waals surface area contributed by atoms with Gasteiger partial charge < -0.3 is 12.6 Å². The molecule has 0 amide bonds. The molecular weight excluding hydrogens is 693 g/mol. The summed E-state index contributed by atoms with van der Waals surface area (Å²) in [6, 6.07) is 64.7. The van der Waals surface area contributed by atoms with Gasteiger partial charge in [-0.2, -0.15) is 35.9 Å². The minimum atomic E-state index is -0.348. The zero-order chi connectivity index (χ0) is 30.7. The molecule has 0 heterocycles. The third kappa shape index (κ3) is 12.9. The van der Waals surface area contributed by atoms with E-state index in [1.54, 1.807) is 0 Å². The molecule has 0 aliphatic heterocycles. The van der Waals surface area contributed by atoms with Crippen LogP contribution >= 0.6 is 15.8 Å². The Bertz CT molecular complexity index is 1490.